The number of carbonyl (C=O) groups excluding carboxylic acids is 1. The molecule has 0 aromatic heterocycles. The molecule has 0 bridgehead atoms. The Kier molecular flexibility index (Phi) is 12.0. The summed E-state index contributed by atoms with van der Waals surface area (Å²) < 4.78 is 4.93. The average Bonchev–Trinajstić information content (AvgIpc) is 2.28. The van der Waals surface area contributed by atoms with Gasteiger partial charge in [0.15, 0.2) is 0 Å². The number of hydrogen-bond acceptors (Lipinski definition) is 5. The highest BCUT2D eigenvalue weighted by molar-refractivity contribution is 7.99. The van der Waals surface area contributed by atoms with E-state index in [4.69, 9.17) is 9.84 Å². The highest BCUT2D eigenvalue weighted by Gasteiger charge is 2.05. The lowest BCUT2D eigenvalue weighted by molar-refractivity contribution is -0.121. The van der Waals surface area contributed by atoms with Crippen LogP contribution in [0.2, 0.25) is 0 Å². The van der Waals surface area contributed by atoms with Gasteiger partial charge in [-0.15, -0.1) is 0 Å². The van der Waals surface area contributed by atoms with Crippen LogP contribution in [0.5, 0.6) is 0 Å². The molecule has 0 heterocycles. The SMILES string of the molecule is COCC(C)NC(=O)CNCCSCCCO. The number of aliphatic hydroxyl groups is 1. The Hall–Kier alpha value is -0.300. The van der Waals surface area contributed by atoms with Crippen LogP contribution in [0.25, 0.3) is 0 Å². The van der Waals surface area contributed by atoms with Crippen LogP contribution in [0.4, 0.5) is 0 Å². The number of methoxy groups -OCH3 is 1. The van der Waals surface area contributed by atoms with Crippen molar-refractivity contribution in [3.63, 3.8) is 0 Å². The van der Waals surface area contributed by atoms with Crippen LogP contribution in [-0.4, -0.2) is 62.0 Å². The molecule has 0 radical (unpaired) electrons. The first kappa shape index (κ1) is 16.7. The molecule has 0 aromatic carbocycles. The van der Waals surface area contributed by atoms with Crippen molar-refractivity contribution in [1.82, 2.24) is 10.6 Å². The van der Waals surface area contributed by atoms with Crippen molar-refractivity contribution < 1.29 is 14.6 Å². The third-order valence-electron chi connectivity index (χ3n) is 1.98. The number of nitrogens with one attached hydrogen (secondary N) is 2. The van der Waals surface area contributed by atoms with E-state index >= 15 is 0 Å². The molecule has 0 spiro atoms. The Bertz CT molecular complexity index is 194. The number of thioether (sulfide) groups is 1. The Balaban J connectivity index is 3.27. The third kappa shape index (κ3) is 12.0. The van der Waals surface area contributed by atoms with Crippen molar-refractivity contribution in [3.05, 3.63) is 0 Å². The first-order valence-electron chi connectivity index (χ1n) is 5.88. The summed E-state index contributed by atoms with van der Waals surface area (Å²) in [6, 6.07) is 0.0493. The molecule has 1 unspecified atom stereocenters. The lowest BCUT2D eigenvalue weighted by Gasteiger charge is -2.12. The first-order chi connectivity index (χ1) is 8.20. The summed E-state index contributed by atoms with van der Waals surface area (Å²) >= 11 is 1.78. The first-order valence-corrected chi connectivity index (χ1v) is 7.03. The van der Waals surface area contributed by atoms with Gasteiger partial charge in [-0.3, -0.25) is 4.79 Å². The fourth-order valence-corrected chi connectivity index (χ4v) is 2.06. The summed E-state index contributed by atoms with van der Waals surface area (Å²) in [5.41, 5.74) is 0. The molecular weight excluding hydrogens is 240 g/mol. The Morgan fingerprint density at radius 2 is 2.24 bits per heavy atom. The van der Waals surface area contributed by atoms with Crippen molar-refractivity contribution in [2.75, 3.05) is 44.9 Å². The summed E-state index contributed by atoms with van der Waals surface area (Å²) in [5, 5.41) is 14.5. The summed E-state index contributed by atoms with van der Waals surface area (Å²) in [6.07, 6.45) is 0.833. The van der Waals surface area contributed by atoms with E-state index in [0.717, 1.165) is 24.5 Å². The summed E-state index contributed by atoms with van der Waals surface area (Å²) in [4.78, 5) is 11.4. The quantitative estimate of drug-likeness (QED) is 0.453. The predicted octanol–water partition coefficient (Wildman–Crippen LogP) is -0.157. The zero-order valence-corrected chi connectivity index (χ0v) is 11.5. The van der Waals surface area contributed by atoms with Gasteiger partial charge in [0.1, 0.15) is 0 Å². The molecule has 0 aliphatic heterocycles. The summed E-state index contributed by atoms with van der Waals surface area (Å²) in [7, 11) is 1.62. The molecule has 1 atom stereocenters. The van der Waals surface area contributed by atoms with Crippen LogP contribution >= 0.6 is 11.8 Å². The average molecular weight is 264 g/mol. The van der Waals surface area contributed by atoms with Gasteiger partial charge in [-0.2, -0.15) is 11.8 Å². The second kappa shape index (κ2) is 12.2. The van der Waals surface area contributed by atoms with Gasteiger partial charge in [-0.25, -0.2) is 0 Å². The van der Waals surface area contributed by atoms with Crippen molar-refractivity contribution in [3.8, 4) is 0 Å². The van der Waals surface area contributed by atoms with Gasteiger partial charge in [-0.05, 0) is 19.1 Å². The number of rotatable bonds is 11. The molecule has 3 N–H and O–H groups in total. The molecule has 102 valence electrons. The van der Waals surface area contributed by atoms with Gasteiger partial charge < -0.3 is 20.5 Å². The summed E-state index contributed by atoms with van der Waals surface area (Å²) in [5.74, 6) is 1.92. The topological polar surface area (TPSA) is 70.6 Å². The van der Waals surface area contributed by atoms with Crippen molar-refractivity contribution in [2.24, 2.45) is 0 Å². The van der Waals surface area contributed by atoms with E-state index in [9.17, 15) is 4.79 Å². The minimum absolute atomic E-state index is 0.00471. The van der Waals surface area contributed by atoms with E-state index < -0.39 is 0 Å². The Labute approximate surface area is 108 Å². The van der Waals surface area contributed by atoms with Gasteiger partial charge in [0.2, 0.25) is 5.91 Å². The monoisotopic (exact) mass is 264 g/mol. The van der Waals surface area contributed by atoms with Gasteiger partial charge in [0.25, 0.3) is 0 Å². The Morgan fingerprint density at radius 3 is 2.88 bits per heavy atom. The highest BCUT2D eigenvalue weighted by atomic mass is 32.2. The maximum atomic E-state index is 11.4. The van der Waals surface area contributed by atoms with Gasteiger partial charge in [-0.1, -0.05) is 0 Å². The van der Waals surface area contributed by atoms with Crippen LogP contribution in [0, 0.1) is 0 Å². The van der Waals surface area contributed by atoms with E-state index in [1.807, 2.05) is 6.92 Å². The molecule has 0 fully saturated rings. The lowest BCUT2D eigenvalue weighted by atomic mass is 10.3. The summed E-state index contributed by atoms with van der Waals surface area (Å²) in [6.45, 7) is 3.84. The van der Waals surface area contributed by atoms with Crippen LogP contribution in [0.1, 0.15) is 13.3 Å². The molecule has 5 nitrogen and oxygen atoms in total. The van der Waals surface area contributed by atoms with E-state index in [0.29, 0.717) is 13.2 Å². The smallest absolute Gasteiger partial charge is 0.234 e. The van der Waals surface area contributed by atoms with Crippen LogP contribution in [-0.2, 0) is 9.53 Å². The molecular formula is C11H24N2O3S. The van der Waals surface area contributed by atoms with E-state index in [1.54, 1.807) is 18.9 Å². The number of amides is 1. The number of carbonyl (C=O) groups is 1. The van der Waals surface area contributed by atoms with E-state index in [2.05, 4.69) is 10.6 Å². The molecule has 0 saturated carbocycles. The van der Waals surface area contributed by atoms with Crippen LogP contribution in [0.15, 0.2) is 0 Å². The fourth-order valence-electron chi connectivity index (χ4n) is 1.23. The third-order valence-corrected chi connectivity index (χ3v) is 3.05. The fraction of sp³-hybridized carbons (Fsp3) is 0.909. The maximum Gasteiger partial charge on any atom is 0.234 e. The van der Waals surface area contributed by atoms with Gasteiger partial charge >= 0.3 is 0 Å². The molecule has 6 heteroatoms. The zero-order chi connectivity index (χ0) is 12.9. The van der Waals surface area contributed by atoms with Crippen molar-refractivity contribution >= 4 is 17.7 Å². The molecule has 0 saturated heterocycles. The highest BCUT2D eigenvalue weighted by Crippen LogP contribution is 1.99. The Morgan fingerprint density at radius 1 is 1.47 bits per heavy atom. The normalized spacial score (nSPS) is 12.4. The maximum absolute atomic E-state index is 11.4. The number of hydrogen-bond donors (Lipinski definition) is 3. The predicted molar refractivity (Wildman–Crippen MR) is 71.4 cm³/mol. The molecule has 0 aromatic rings. The van der Waals surface area contributed by atoms with Crippen LogP contribution < -0.4 is 10.6 Å². The second-order valence-electron chi connectivity index (χ2n) is 3.79. The van der Waals surface area contributed by atoms with E-state index in [-0.39, 0.29) is 18.6 Å². The second-order valence-corrected chi connectivity index (χ2v) is 5.01. The zero-order valence-electron chi connectivity index (χ0n) is 10.7. The van der Waals surface area contributed by atoms with E-state index in [1.165, 1.54) is 0 Å². The molecule has 0 aliphatic carbocycles. The molecule has 1 amide bonds. The van der Waals surface area contributed by atoms with Crippen molar-refractivity contribution in [2.45, 2.75) is 19.4 Å². The number of aliphatic hydroxyl groups excluding tert-OH is 1. The minimum atomic E-state index is -0.00471. The van der Waals surface area contributed by atoms with Crippen molar-refractivity contribution in [1.29, 1.82) is 0 Å². The van der Waals surface area contributed by atoms with Crippen LogP contribution in [0.3, 0.4) is 0 Å². The lowest BCUT2D eigenvalue weighted by Crippen LogP contribution is -2.41. The largest absolute Gasteiger partial charge is 0.396 e. The molecule has 0 rings (SSSR count). The minimum Gasteiger partial charge on any atom is -0.396 e. The van der Waals surface area contributed by atoms with Gasteiger partial charge in [0.05, 0.1) is 13.2 Å². The standard InChI is InChI=1S/C11H24N2O3S/c1-10(9-16-2)13-11(15)8-12-4-7-17-6-3-5-14/h10,12,14H,3-9H2,1-2H3,(H,13,15). The molecule has 17 heavy (non-hydrogen) atoms. The number of ether oxygens (including phenoxy) is 1. The van der Waals surface area contributed by atoms with Gasteiger partial charge in [0, 0.05) is 32.1 Å². The molecule has 0 aliphatic rings.